The van der Waals surface area contributed by atoms with Gasteiger partial charge in [0.1, 0.15) is 5.54 Å². The Morgan fingerprint density at radius 2 is 2.31 bits per heavy atom. The van der Waals surface area contributed by atoms with Crippen LogP contribution in [0.3, 0.4) is 0 Å². The standard InChI is InChI=1S/C10H15NO2/c1-4-7-11-10(3,8(12)13)9(2)5-6-9/h1,11H,5-7H2,2-3H3,(H,12,13). The van der Waals surface area contributed by atoms with Crippen molar-refractivity contribution >= 4 is 5.97 Å². The van der Waals surface area contributed by atoms with Crippen molar-refractivity contribution < 1.29 is 9.90 Å². The number of nitrogens with one attached hydrogen (secondary N) is 1. The van der Waals surface area contributed by atoms with Crippen LogP contribution in [0.1, 0.15) is 26.7 Å². The molecule has 0 heterocycles. The number of hydrogen-bond donors (Lipinski definition) is 2. The molecule has 0 amide bonds. The molecule has 1 rings (SSSR count). The van der Waals surface area contributed by atoms with Gasteiger partial charge in [0.05, 0.1) is 6.54 Å². The van der Waals surface area contributed by atoms with Crippen molar-refractivity contribution in [3.05, 3.63) is 0 Å². The van der Waals surface area contributed by atoms with Crippen LogP contribution in [-0.2, 0) is 4.79 Å². The van der Waals surface area contributed by atoms with E-state index in [1.807, 2.05) is 6.92 Å². The maximum absolute atomic E-state index is 11.1. The van der Waals surface area contributed by atoms with Crippen LogP contribution in [0.15, 0.2) is 0 Å². The molecule has 0 aromatic rings. The summed E-state index contributed by atoms with van der Waals surface area (Å²) in [6.45, 7) is 3.99. The van der Waals surface area contributed by atoms with Gasteiger partial charge in [0.25, 0.3) is 0 Å². The van der Waals surface area contributed by atoms with Gasteiger partial charge in [0.15, 0.2) is 0 Å². The molecule has 0 spiro atoms. The minimum absolute atomic E-state index is 0.129. The summed E-state index contributed by atoms with van der Waals surface area (Å²) in [6.07, 6.45) is 7.00. The predicted molar refractivity (Wildman–Crippen MR) is 50.2 cm³/mol. The summed E-state index contributed by atoms with van der Waals surface area (Å²) in [5.41, 5.74) is -1.00. The highest BCUT2D eigenvalue weighted by Gasteiger charge is 2.57. The summed E-state index contributed by atoms with van der Waals surface area (Å²) in [5.74, 6) is 1.59. The van der Waals surface area contributed by atoms with Crippen LogP contribution < -0.4 is 5.32 Å². The lowest BCUT2D eigenvalue weighted by molar-refractivity contribution is -0.147. The number of carboxylic acids is 1. The van der Waals surface area contributed by atoms with Crippen LogP contribution >= 0.6 is 0 Å². The third-order valence-corrected chi connectivity index (χ3v) is 3.18. The topological polar surface area (TPSA) is 49.3 Å². The smallest absolute Gasteiger partial charge is 0.324 e. The molecule has 1 atom stereocenters. The largest absolute Gasteiger partial charge is 0.480 e. The second-order valence-electron chi connectivity index (χ2n) is 4.05. The lowest BCUT2D eigenvalue weighted by Crippen LogP contribution is -2.55. The van der Waals surface area contributed by atoms with Crippen molar-refractivity contribution in [2.45, 2.75) is 32.2 Å². The Kier molecular flexibility index (Phi) is 2.36. The van der Waals surface area contributed by atoms with E-state index in [4.69, 9.17) is 11.5 Å². The van der Waals surface area contributed by atoms with Crippen molar-refractivity contribution in [1.29, 1.82) is 0 Å². The Morgan fingerprint density at radius 1 is 1.77 bits per heavy atom. The van der Waals surface area contributed by atoms with Crippen molar-refractivity contribution in [2.24, 2.45) is 5.41 Å². The van der Waals surface area contributed by atoms with Crippen LogP contribution in [0.4, 0.5) is 0 Å². The van der Waals surface area contributed by atoms with E-state index < -0.39 is 11.5 Å². The average molecular weight is 181 g/mol. The fraction of sp³-hybridized carbons (Fsp3) is 0.700. The highest BCUT2D eigenvalue weighted by atomic mass is 16.4. The van der Waals surface area contributed by atoms with E-state index in [9.17, 15) is 4.79 Å². The van der Waals surface area contributed by atoms with Crippen molar-refractivity contribution in [3.63, 3.8) is 0 Å². The van der Waals surface area contributed by atoms with Crippen molar-refractivity contribution in [1.82, 2.24) is 5.32 Å². The number of carboxylic acid groups (broad SMARTS) is 1. The van der Waals surface area contributed by atoms with Gasteiger partial charge < -0.3 is 5.11 Å². The maximum Gasteiger partial charge on any atom is 0.324 e. The number of hydrogen-bond acceptors (Lipinski definition) is 2. The van der Waals surface area contributed by atoms with E-state index >= 15 is 0 Å². The van der Waals surface area contributed by atoms with Gasteiger partial charge in [-0.25, -0.2) is 0 Å². The fourth-order valence-electron chi connectivity index (χ4n) is 1.46. The van der Waals surface area contributed by atoms with Crippen molar-refractivity contribution in [2.75, 3.05) is 6.54 Å². The Labute approximate surface area is 78.5 Å². The minimum Gasteiger partial charge on any atom is -0.480 e. The first-order valence-corrected chi connectivity index (χ1v) is 4.38. The molecule has 0 aromatic carbocycles. The Morgan fingerprint density at radius 3 is 2.62 bits per heavy atom. The molecule has 1 unspecified atom stereocenters. The van der Waals surface area contributed by atoms with Crippen LogP contribution in [0, 0.1) is 17.8 Å². The first-order chi connectivity index (χ1) is 5.96. The average Bonchev–Trinajstić information content (AvgIpc) is 2.80. The van der Waals surface area contributed by atoms with Gasteiger partial charge in [0.2, 0.25) is 0 Å². The van der Waals surface area contributed by atoms with Gasteiger partial charge in [0, 0.05) is 0 Å². The van der Waals surface area contributed by atoms with Crippen LogP contribution in [0.25, 0.3) is 0 Å². The number of carbonyl (C=O) groups is 1. The number of rotatable bonds is 4. The molecule has 0 aliphatic heterocycles. The summed E-state index contributed by atoms with van der Waals surface area (Å²) in [5, 5.41) is 12.0. The van der Waals surface area contributed by atoms with Gasteiger partial charge in [-0.3, -0.25) is 10.1 Å². The van der Waals surface area contributed by atoms with Gasteiger partial charge in [-0.2, -0.15) is 0 Å². The normalized spacial score (nSPS) is 22.8. The van der Waals surface area contributed by atoms with E-state index in [0.717, 1.165) is 12.8 Å². The van der Waals surface area contributed by atoms with Gasteiger partial charge in [-0.05, 0) is 25.2 Å². The monoisotopic (exact) mass is 181 g/mol. The van der Waals surface area contributed by atoms with Crippen LogP contribution in [0.5, 0.6) is 0 Å². The van der Waals surface area contributed by atoms with Crippen molar-refractivity contribution in [3.8, 4) is 12.3 Å². The molecule has 13 heavy (non-hydrogen) atoms. The summed E-state index contributed by atoms with van der Waals surface area (Å²) in [4.78, 5) is 11.1. The quantitative estimate of drug-likeness (QED) is 0.632. The van der Waals surface area contributed by atoms with E-state index in [-0.39, 0.29) is 5.41 Å². The second-order valence-corrected chi connectivity index (χ2v) is 4.05. The van der Waals surface area contributed by atoms with E-state index in [1.165, 1.54) is 0 Å². The molecule has 1 aliphatic carbocycles. The Bertz CT molecular complexity index is 263. The third-order valence-electron chi connectivity index (χ3n) is 3.18. The molecule has 0 radical (unpaired) electrons. The minimum atomic E-state index is -0.876. The summed E-state index contributed by atoms with van der Waals surface area (Å²) >= 11 is 0. The molecule has 1 aliphatic rings. The first kappa shape index (κ1) is 10.1. The number of aliphatic carboxylic acids is 1. The molecule has 72 valence electrons. The summed E-state index contributed by atoms with van der Waals surface area (Å²) in [7, 11) is 0. The molecule has 0 saturated heterocycles. The molecule has 0 aromatic heterocycles. The highest BCUT2D eigenvalue weighted by Crippen LogP contribution is 2.53. The maximum atomic E-state index is 11.1. The Balaban J connectivity index is 2.76. The predicted octanol–water partition coefficient (Wildman–Crippen LogP) is 0.853. The van der Waals surface area contributed by atoms with Gasteiger partial charge in [-0.15, -0.1) is 6.42 Å². The summed E-state index contributed by atoms with van der Waals surface area (Å²) < 4.78 is 0. The third kappa shape index (κ3) is 1.54. The lowest BCUT2D eigenvalue weighted by atomic mass is 9.84. The van der Waals surface area contributed by atoms with Gasteiger partial charge in [-0.1, -0.05) is 12.8 Å². The SMILES string of the molecule is C#CCNC(C)(C(=O)O)C1(C)CC1. The van der Waals surface area contributed by atoms with E-state index in [0.29, 0.717) is 6.54 Å². The molecule has 1 saturated carbocycles. The number of terminal acetylenes is 1. The molecule has 2 N–H and O–H groups in total. The first-order valence-electron chi connectivity index (χ1n) is 4.38. The molecule has 3 heteroatoms. The zero-order valence-electron chi connectivity index (χ0n) is 8.05. The van der Waals surface area contributed by atoms with Crippen LogP contribution in [-0.4, -0.2) is 23.2 Å². The van der Waals surface area contributed by atoms with Crippen LogP contribution in [0.2, 0.25) is 0 Å². The molecule has 3 nitrogen and oxygen atoms in total. The second kappa shape index (κ2) is 3.04. The molecular weight excluding hydrogens is 166 g/mol. The van der Waals surface area contributed by atoms with E-state index in [1.54, 1.807) is 6.92 Å². The molecule has 0 bridgehead atoms. The van der Waals surface area contributed by atoms with E-state index in [2.05, 4.69) is 11.2 Å². The molecule has 1 fully saturated rings. The Hall–Kier alpha value is -1.01. The van der Waals surface area contributed by atoms with Gasteiger partial charge >= 0.3 is 5.97 Å². The highest BCUT2D eigenvalue weighted by molar-refractivity contribution is 5.80. The fourth-order valence-corrected chi connectivity index (χ4v) is 1.46. The summed E-state index contributed by atoms with van der Waals surface area (Å²) in [6, 6.07) is 0. The zero-order chi connectivity index (χ0) is 10.1. The lowest BCUT2D eigenvalue weighted by Gasteiger charge is -2.32. The molecular formula is C10H15NO2. The zero-order valence-corrected chi connectivity index (χ0v) is 8.05.